The number of hydrogen-bond donors (Lipinski definition) is 1. The van der Waals surface area contributed by atoms with Gasteiger partial charge in [-0.25, -0.2) is 4.79 Å². The van der Waals surface area contributed by atoms with E-state index in [0.717, 1.165) is 36.8 Å². The maximum Gasteiger partial charge on any atom is 0.341 e. The van der Waals surface area contributed by atoms with Crippen LogP contribution in [-0.2, 0) is 28.8 Å². The molecule has 0 aliphatic heterocycles. The van der Waals surface area contributed by atoms with Crippen LogP contribution >= 0.6 is 11.3 Å². The minimum absolute atomic E-state index is 0.0633. The van der Waals surface area contributed by atoms with Crippen LogP contribution in [0.2, 0.25) is 0 Å². The average Bonchev–Trinajstić information content (AvgIpc) is 3.03. The monoisotopic (exact) mass is 385 g/mol. The van der Waals surface area contributed by atoms with Crippen molar-refractivity contribution in [3.63, 3.8) is 0 Å². The predicted molar refractivity (Wildman–Crippen MR) is 110 cm³/mol. The Labute approximate surface area is 164 Å². The zero-order valence-corrected chi connectivity index (χ0v) is 17.1. The maximum atomic E-state index is 12.5. The van der Waals surface area contributed by atoms with Crippen molar-refractivity contribution in [2.75, 3.05) is 12.4 Å². The van der Waals surface area contributed by atoms with E-state index in [9.17, 15) is 9.59 Å². The molecule has 0 bridgehead atoms. The molecule has 0 fully saturated rings. The van der Waals surface area contributed by atoms with Gasteiger partial charge in [-0.15, -0.1) is 11.3 Å². The molecule has 2 aromatic rings. The predicted octanol–water partition coefficient (Wildman–Crippen LogP) is 5.11. The quantitative estimate of drug-likeness (QED) is 0.703. The molecule has 144 valence electrons. The second-order valence-corrected chi connectivity index (χ2v) is 8.46. The van der Waals surface area contributed by atoms with Gasteiger partial charge in [-0.1, -0.05) is 38.1 Å². The molecule has 27 heavy (non-hydrogen) atoms. The van der Waals surface area contributed by atoms with Crippen LogP contribution in [0.1, 0.15) is 71.0 Å². The minimum Gasteiger partial charge on any atom is -0.465 e. The van der Waals surface area contributed by atoms with Gasteiger partial charge in [0, 0.05) is 11.3 Å². The van der Waals surface area contributed by atoms with Gasteiger partial charge in [-0.05, 0) is 54.7 Å². The molecule has 1 aliphatic carbocycles. The van der Waals surface area contributed by atoms with Crippen molar-refractivity contribution in [2.45, 2.75) is 58.3 Å². The smallest absolute Gasteiger partial charge is 0.341 e. The molecule has 5 heteroatoms. The number of benzene rings is 1. The maximum absolute atomic E-state index is 12.5. The summed E-state index contributed by atoms with van der Waals surface area (Å²) in [6.45, 7) is 4.34. The number of carbonyl (C=O) groups excluding carboxylic acids is 2. The van der Waals surface area contributed by atoms with Crippen molar-refractivity contribution in [1.29, 1.82) is 0 Å². The van der Waals surface area contributed by atoms with Crippen molar-refractivity contribution >= 4 is 28.2 Å². The Morgan fingerprint density at radius 1 is 1.15 bits per heavy atom. The molecule has 0 atom stereocenters. The van der Waals surface area contributed by atoms with Gasteiger partial charge in [-0.3, -0.25) is 4.79 Å². The number of esters is 1. The van der Waals surface area contributed by atoms with Crippen LogP contribution in [0.3, 0.4) is 0 Å². The van der Waals surface area contributed by atoms with Gasteiger partial charge < -0.3 is 10.1 Å². The van der Waals surface area contributed by atoms with E-state index in [2.05, 4.69) is 43.4 Å². The first-order valence-corrected chi connectivity index (χ1v) is 10.4. The number of nitrogens with one attached hydrogen (secondary N) is 1. The third-order valence-corrected chi connectivity index (χ3v) is 6.31. The van der Waals surface area contributed by atoms with Gasteiger partial charge >= 0.3 is 5.97 Å². The van der Waals surface area contributed by atoms with E-state index >= 15 is 0 Å². The first-order valence-electron chi connectivity index (χ1n) is 9.61. The van der Waals surface area contributed by atoms with Gasteiger partial charge in [0.25, 0.3) is 0 Å². The molecular weight excluding hydrogens is 358 g/mol. The molecule has 0 saturated heterocycles. The number of rotatable bonds is 6. The summed E-state index contributed by atoms with van der Waals surface area (Å²) in [5.41, 5.74) is 4.08. The standard InChI is InChI=1S/C22H27NO3S/c1-14(2)16-11-8-15(9-12-16)10-13-19(24)23-21-20(22(25)26-3)17-6-4-5-7-18(17)27-21/h8-9,11-12,14H,4-7,10,13H2,1-3H3,(H,23,24). The average molecular weight is 386 g/mol. The van der Waals surface area contributed by atoms with E-state index in [1.807, 2.05) is 0 Å². The van der Waals surface area contributed by atoms with E-state index in [4.69, 9.17) is 4.74 Å². The highest BCUT2D eigenvalue weighted by Crippen LogP contribution is 2.38. The van der Waals surface area contributed by atoms with Crippen LogP contribution < -0.4 is 5.32 Å². The Balaban J connectivity index is 1.67. The highest BCUT2D eigenvalue weighted by Gasteiger charge is 2.26. The fourth-order valence-corrected chi connectivity index (χ4v) is 4.78. The number of methoxy groups -OCH3 is 1. The lowest BCUT2D eigenvalue weighted by Crippen LogP contribution is -2.15. The summed E-state index contributed by atoms with van der Waals surface area (Å²) in [6, 6.07) is 8.43. The number of ether oxygens (including phenoxy) is 1. The number of carbonyl (C=O) groups is 2. The molecule has 0 unspecified atom stereocenters. The number of thiophene rings is 1. The summed E-state index contributed by atoms with van der Waals surface area (Å²) < 4.78 is 4.96. The van der Waals surface area contributed by atoms with Crippen molar-refractivity contribution in [1.82, 2.24) is 0 Å². The third-order valence-electron chi connectivity index (χ3n) is 5.10. The van der Waals surface area contributed by atoms with E-state index in [1.54, 1.807) is 0 Å². The van der Waals surface area contributed by atoms with Crippen LogP contribution in [0.5, 0.6) is 0 Å². The molecule has 1 aliphatic rings. The number of anilines is 1. The van der Waals surface area contributed by atoms with Crippen LogP contribution in [0, 0.1) is 0 Å². The Kier molecular flexibility index (Phi) is 6.32. The van der Waals surface area contributed by atoms with E-state index < -0.39 is 0 Å². The molecule has 1 amide bonds. The molecule has 0 radical (unpaired) electrons. The van der Waals surface area contributed by atoms with Crippen LogP contribution in [0.25, 0.3) is 0 Å². The second-order valence-electron chi connectivity index (χ2n) is 7.35. The summed E-state index contributed by atoms with van der Waals surface area (Å²) in [5.74, 6) is 0.0876. The SMILES string of the molecule is COC(=O)c1c(NC(=O)CCc2ccc(C(C)C)cc2)sc2c1CCCC2. The van der Waals surface area contributed by atoms with Crippen LogP contribution in [0.4, 0.5) is 5.00 Å². The van der Waals surface area contributed by atoms with E-state index in [-0.39, 0.29) is 11.9 Å². The van der Waals surface area contributed by atoms with E-state index in [1.165, 1.54) is 28.9 Å². The zero-order chi connectivity index (χ0) is 19.4. The summed E-state index contributed by atoms with van der Waals surface area (Å²) >= 11 is 1.53. The molecule has 1 heterocycles. The molecule has 1 aromatic carbocycles. The minimum atomic E-state index is -0.353. The first kappa shape index (κ1) is 19.6. The van der Waals surface area contributed by atoms with Crippen LogP contribution in [0.15, 0.2) is 24.3 Å². The van der Waals surface area contributed by atoms with Crippen molar-refractivity contribution in [3.8, 4) is 0 Å². The number of fused-ring (bicyclic) bond motifs is 1. The normalized spacial score (nSPS) is 13.3. The molecule has 0 spiro atoms. The fraction of sp³-hybridized carbons (Fsp3) is 0.455. The summed E-state index contributed by atoms with van der Waals surface area (Å²) in [7, 11) is 1.39. The van der Waals surface area contributed by atoms with Gasteiger partial charge in [0.1, 0.15) is 5.00 Å². The summed E-state index contributed by atoms with van der Waals surface area (Å²) in [6.07, 6.45) is 5.14. The lowest BCUT2D eigenvalue weighted by atomic mass is 9.95. The first-order chi connectivity index (χ1) is 13.0. The van der Waals surface area contributed by atoms with Crippen molar-refractivity contribution in [2.24, 2.45) is 0 Å². The zero-order valence-electron chi connectivity index (χ0n) is 16.3. The molecule has 3 rings (SSSR count). The molecule has 4 nitrogen and oxygen atoms in total. The Morgan fingerprint density at radius 2 is 1.85 bits per heavy atom. The van der Waals surface area contributed by atoms with Gasteiger partial charge in [0.15, 0.2) is 0 Å². The fourth-order valence-electron chi connectivity index (χ4n) is 3.49. The van der Waals surface area contributed by atoms with Gasteiger partial charge in [0.05, 0.1) is 12.7 Å². The third kappa shape index (κ3) is 4.59. The summed E-state index contributed by atoms with van der Waals surface area (Å²) in [5, 5.41) is 3.61. The molecule has 1 aromatic heterocycles. The van der Waals surface area contributed by atoms with Gasteiger partial charge in [0.2, 0.25) is 5.91 Å². The number of amides is 1. The number of hydrogen-bond acceptors (Lipinski definition) is 4. The Morgan fingerprint density at radius 3 is 2.52 bits per heavy atom. The summed E-state index contributed by atoms with van der Waals surface area (Å²) in [4.78, 5) is 25.9. The largest absolute Gasteiger partial charge is 0.465 e. The van der Waals surface area contributed by atoms with Crippen molar-refractivity contribution in [3.05, 3.63) is 51.4 Å². The molecular formula is C22H27NO3S. The van der Waals surface area contributed by atoms with Crippen LogP contribution in [-0.4, -0.2) is 19.0 Å². The Hall–Kier alpha value is -2.14. The molecule has 1 N–H and O–H groups in total. The number of aryl methyl sites for hydroxylation is 2. The highest BCUT2D eigenvalue weighted by molar-refractivity contribution is 7.17. The van der Waals surface area contributed by atoms with Gasteiger partial charge in [-0.2, -0.15) is 0 Å². The Bertz CT molecular complexity index is 821. The second kappa shape index (κ2) is 8.70. The van der Waals surface area contributed by atoms with Crippen molar-refractivity contribution < 1.29 is 14.3 Å². The molecule has 0 saturated carbocycles. The lowest BCUT2D eigenvalue weighted by Gasteiger charge is -2.11. The highest BCUT2D eigenvalue weighted by atomic mass is 32.1. The topological polar surface area (TPSA) is 55.4 Å². The van der Waals surface area contributed by atoms with E-state index in [0.29, 0.717) is 29.3 Å². The lowest BCUT2D eigenvalue weighted by molar-refractivity contribution is -0.116.